The number of benzene rings is 1. The van der Waals surface area contributed by atoms with Gasteiger partial charge in [-0.3, -0.25) is 9.78 Å². The maximum atomic E-state index is 12.9. The van der Waals surface area contributed by atoms with Gasteiger partial charge in [0.25, 0.3) is 0 Å². The first-order valence-electron chi connectivity index (χ1n) is 9.00. The molecule has 4 heteroatoms. The van der Waals surface area contributed by atoms with Gasteiger partial charge in [-0.15, -0.1) is 0 Å². The lowest BCUT2D eigenvalue weighted by Gasteiger charge is -2.25. The van der Waals surface area contributed by atoms with Gasteiger partial charge in [-0.1, -0.05) is 25.1 Å². The third-order valence-corrected chi connectivity index (χ3v) is 4.95. The number of pyridine rings is 1. The molecule has 1 saturated heterocycles. The summed E-state index contributed by atoms with van der Waals surface area (Å²) in [6.45, 7) is 3.06. The van der Waals surface area contributed by atoms with Gasteiger partial charge in [0.05, 0.1) is 6.04 Å². The lowest BCUT2D eigenvalue weighted by Crippen LogP contribution is -2.31. The third kappa shape index (κ3) is 4.19. The van der Waals surface area contributed by atoms with E-state index in [4.69, 9.17) is 0 Å². The molecule has 0 spiro atoms. The van der Waals surface area contributed by atoms with E-state index in [1.807, 2.05) is 26.4 Å². The highest BCUT2D eigenvalue weighted by atomic mass is 16.2. The topological polar surface area (TPSA) is 36.4 Å². The number of aryl methyl sites for hydroxylation is 1. The Balaban J connectivity index is 1.67. The first kappa shape index (κ1) is 17.5. The number of aromatic nitrogens is 1. The van der Waals surface area contributed by atoms with Crippen LogP contribution in [0.3, 0.4) is 0 Å². The largest absolute Gasteiger partial charge is 0.378 e. The minimum atomic E-state index is 0.171. The summed E-state index contributed by atoms with van der Waals surface area (Å²) in [5, 5.41) is 0. The van der Waals surface area contributed by atoms with E-state index in [2.05, 4.69) is 52.0 Å². The van der Waals surface area contributed by atoms with Gasteiger partial charge < -0.3 is 9.80 Å². The summed E-state index contributed by atoms with van der Waals surface area (Å²) in [7, 11) is 4.07. The molecule has 1 amide bonds. The third-order valence-electron chi connectivity index (χ3n) is 4.95. The second-order valence-corrected chi connectivity index (χ2v) is 7.25. The van der Waals surface area contributed by atoms with Gasteiger partial charge in [-0.25, -0.2) is 0 Å². The molecule has 3 rings (SSSR count). The van der Waals surface area contributed by atoms with Crippen LogP contribution in [0.4, 0.5) is 5.69 Å². The predicted octanol–water partition coefficient (Wildman–Crippen LogP) is 3.69. The van der Waals surface area contributed by atoms with Crippen LogP contribution >= 0.6 is 0 Å². The van der Waals surface area contributed by atoms with E-state index < -0.39 is 0 Å². The molecule has 1 aromatic heterocycles. The van der Waals surface area contributed by atoms with Crippen LogP contribution in [0.15, 0.2) is 48.8 Å². The molecule has 0 unspecified atom stereocenters. The summed E-state index contributed by atoms with van der Waals surface area (Å²) < 4.78 is 0. The molecule has 2 heterocycles. The zero-order valence-corrected chi connectivity index (χ0v) is 15.4. The number of anilines is 1. The van der Waals surface area contributed by atoms with E-state index in [0.29, 0.717) is 12.3 Å². The van der Waals surface area contributed by atoms with Gasteiger partial charge in [-0.2, -0.15) is 0 Å². The number of hydrogen-bond donors (Lipinski definition) is 0. The maximum absolute atomic E-state index is 12.9. The molecule has 2 atom stereocenters. The van der Waals surface area contributed by atoms with E-state index in [1.54, 1.807) is 6.20 Å². The normalized spacial score (nSPS) is 19.9. The van der Waals surface area contributed by atoms with Crippen LogP contribution < -0.4 is 4.90 Å². The van der Waals surface area contributed by atoms with Crippen molar-refractivity contribution in [3.63, 3.8) is 0 Å². The molecule has 1 aliphatic heterocycles. The Morgan fingerprint density at radius 2 is 2.12 bits per heavy atom. The Kier molecular flexibility index (Phi) is 5.37. The lowest BCUT2D eigenvalue weighted by molar-refractivity contribution is -0.132. The van der Waals surface area contributed by atoms with Crippen LogP contribution in [-0.4, -0.2) is 36.4 Å². The van der Waals surface area contributed by atoms with Crippen molar-refractivity contribution >= 4 is 11.6 Å². The van der Waals surface area contributed by atoms with Gasteiger partial charge in [0.1, 0.15) is 0 Å². The number of rotatable bonds is 5. The van der Waals surface area contributed by atoms with E-state index in [-0.39, 0.29) is 11.9 Å². The molecule has 0 radical (unpaired) electrons. The Morgan fingerprint density at radius 3 is 2.84 bits per heavy atom. The van der Waals surface area contributed by atoms with Gasteiger partial charge in [-0.05, 0) is 48.1 Å². The molecule has 132 valence electrons. The molecule has 0 saturated carbocycles. The van der Waals surface area contributed by atoms with Gasteiger partial charge >= 0.3 is 0 Å². The maximum Gasteiger partial charge on any atom is 0.223 e. The van der Waals surface area contributed by atoms with Crippen molar-refractivity contribution in [2.45, 2.75) is 32.2 Å². The Hall–Kier alpha value is -2.36. The summed E-state index contributed by atoms with van der Waals surface area (Å²) in [4.78, 5) is 21.2. The molecule has 1 aliphatic rings. The van der Waals surface area contributed by atoms with E-state index in [0.717, 1.165) is 24.9 Å². The van der Waals surface area contributed by atoms with Gasteiger partial charge in [0, 0.05) is 45.1 Å². The number of likely N-dealkylation sites (tertiary alicyclic amines) is 1. The zero-order chi connectivity index (χ0) is 17.8. The fourth-order valence-electron chi connectivity index (χ4n) is 3.60. The number of carbonyl (C=O) groups excluding carboxylic acids is 1. The van der Waals surface area contributed by atoms with Crippen LogP contribution in [0.25, 0.3) is 0 Å². The smallest absolute Gasteiger partial charge is 0.223 e. The Bertz CT molecular complexity index is 714. The molecule has 1 fully saturated rings. The molecule has 2 aromatic rings. The summed E-state index contributed by atoms with van der Waals surface area (Å²) in [5.41, 5.74) is 3.53. The first-order valence-corrected chi connectivity index (χ1v) is 9.00. The van der Waals surface area contributed by atoms with Crippen molar-refractivity contribution in [2.24, 2.45) is 5.92 Å². The van der Waals surface area contributed by atoms with Gasteiger partial charge in [0.15, 0.2) is 0 Å². The summed E-state index contributed by atoms with van der Waals surface area (Å²) >= 11 is 0. The molecule has 0 bridgehead atoms. The highest BCUT2D eigenvalue weighted by Gasteiger charge is 2.33. The lowest BCUT2D eigenvalue weighted by atomic mass is 10.0. The molecule has 4 nitrogen and oxygen atoms in total. The number of nitrogens with zero attached hydrogens (tertiary/aromatic N) is 3. The minimum absolute atomic E-state index is 0.171. The van der Waals surface area contributed by atoms with Crippen molar-refractivity contribution in [2.75, 3.05) is 25.5 Å². The van der Waals surface area contributed by atoms with Crippen LogP contribution in [0.1, 0.15) is 36.9 Å². The average molecular weight is 337 g/mol. The molecule has 0 N–H and O–H groups in total. The highest BCUT2D eigenvalue weighted by Crippen LogP contribution is 2.35. The van der Waals surface area contributed by atoms with Crippen molar-refractivity contribution < 1.29 is 4.79 Å². The monoisotopic (exact) mass is 337 g/mol. The molecular weight excluding hydrogens is 310 g/mol. The quantitative estimate of drug-likeness (QED) is 0.835. The van der Waals surface area contributed by atoms with Crippen LogP contribution in [0, 0.1) is 5.92 Å². The Labute approximate surface area is 150 Å². The predicted molar refractivity (Wildman–Crippen MR) is 102 cm³/mol. The first-order chi connectivity index (χ1) is 12.0. The number of hydrogen-bond acceptors (Lipinski definition) is 3. The van der Waals surface area contributed by atoms with Crippen molar-refractivity contribution in [3.05, 3.63) is 59.9 Å². The molecule has 25 heavy (non-hydrogen) atoms. The van der Waals surface area contributed by atoms with E-state index in [1.165, 1.54) is 11.3 Å². The second kappa shape index (κ2) is 7.68. The number of amides is 1. The number of carbonyl (C=O) groups is 1. The highest BCUT2D eigenvalue weighted by molar-refractivity contribution is 5.77. The summed E-state index contributed by atoms with van der Waals surface area (Å²) in [6.07, 6.45) is 6.04. The fraction of sp³-hybridized carbons (Fsp3) is 0.429. The van der Waals surface area contributed by atoms with Crippen molar-refractivity contribution in [1.82, 2.24) is 9.88 Å². The SMILES string of the molecule is C[C@@H]1C[C@@H](c2cccnc2)N(C(=O)CCc2cccc(N(C)C)c2)C1. The van der Waals surface area contributed by atoms with E-state index >= 15 is 0 Å². The van der Waals surface area contributed by atoms with Crippen LogP contribution in [0.5, 0.6) is 0 Å². The summed E-state index contributed by atoms with van der Waals surface area (Å²) in [5.74, 6) is 0.777. The standard InChI is InChI=1S/C21H27N3O/c1-16-12-20(18-7-5-11-22-14-18)24(15-16)21(25)10-9-17-6-4-8-19(13-17)23(2)3/h4-8,11,13-14,16,20H,9-10,12,15H2,1-3H3/t16-,20+/m1/s1. The van der Waals surface area contributed by atoms with Crippen molar-refractivity contribution in [1.29, 1.82) is 0 Å². The molecule has 0 aliphatic carbocycles. The van der Waals surface area contributed by atoms with E-state index in [9.17, 15) is 4.79 Å². The summed E-state index contributed by atoms with van der Waals surface area (Å²) in [6, 6.07) is 12.6. The minimum Gasteiger partial charge on any atom is -0.378 e. The second-order valence-electron chi connectivity index (χ2n) is 7.25. The average Bonchev–Trinajstić information content (AvgIpc) is 3.02. The van der Waals surface area contributed by atoms with Crippen molar-refractivity contribution in [3.8, 4) is 0 Å². The van der Waals surface area contributed by atoms with Crippen LogP contribution in [-0.2, 0) is 11.2 Å². The fourth-order valence-corrected chi connectivity index (χ4v) is 3.60. The molecule has 1 aromatic carbocycles. The Morgan fingerprint density at radius 1 is 1.28 bits per heavy atom. The van der Waals surface area contributed by atoms with Crippen LogP contribution in [0.2, 0.25) is 0 Å². The molecular formula is C21H27N3O. The van der Waals surface area contributed by atoms with Gasteiger partial charge in [0.2, 0.25) is 5.91 Å². The zero-order valence-electron chi connectivity index (χ0n) is 15.4.